The van der Waals surface area contributed by atoms with E-state index in [4.69, 9.17) is 15.7 Å². The average Bonchev–Trinajstić information content (AvgIpc) is 2.50. The summed E-state index contributed by atoms with van der Waals surface area (Å²) in [5.41, 5.74) is 7.46. The second kappa shape index (κ2) is 8.01. The van der Waals surface area contributed by atoms with Gasteiger partial charge in [0.1, 0.15) is 0 Å². The van der Waals surface area contributed by atoms with Crippen molar-refractivity contribution in [1.82, 2.24) is 4.90 Å². The fourth-order valence-corrected chi connectivity index (χ4v) is 2.51. The monoisotopic (exact) mass is 273 g/mol. The van der Waals surface area contributed by atoms with E-state index in [-0.39, 0.29) is 0 Å². The molecule has 1 heterocycles. The zero-order chi connectivity index (χ0) is 14.2. The van der Waals surface area contributed by atoms with E-state index >= 15 is 0 Å². The summed E-state index contributed by atoms with van der Waals surface area (Å²) in [5, 5.41) is 8.79. The van der Waals surface area contributed by atoms with Crippen molar-refractivity contribution in [2.45, 2.75) is 31.9 Å². The molecule has 0 unspecified atom stereocenters. The Kier molecular flexibility index (Phi) is 6.00. The van der Waals surface area contributed by atoms with Crippen LogP contribution in [0.1, 0.15) is 30.4 Å². The number of nitrogens with zero attached hydrogens (tertiary/aromatic N) is 2. The van der Waals surface area contributed by atoms with Crippen LogP contribution in [0.15, 0.2) is 24.3 Å². The lowest BCUT2D eigenvalue weighted by atomic mass is 10.1. The topological polar surface area (TPSA) is 62.3 Å². The zero-order valence-corrected chi connectivity index (χ0v) is 11.9. The molecule has 2 N–H and O–H groups in total. The van der Waals surface area contributed by atoms with Crippen LogP contribution in [0.4, 0.5) is 0 Å². The standard InChI is InChI=1S/C16H23N3O/c17-8-1-11-20-16-6-9-19(10-7-16)13-15-4-2-14(12-18)3-5-15/h2-5,16H,1,6-11,13,17H2. The van der Waals surface area contributed by atoms with Gasteiger partial charge < -0.3 is 10.5 Å². The van der Waals surface area contributed by atoms with Crippen LogP contribution < -0.4 is 5.73 Å². The first-order valence-corrected chi connectivity index (χ1v) is 7.35. The van der Waals surface area contributed by atoms with Crippen LogP contribution in [0.25, 0.3) is 0 Å². The van der Waals surface area contributed by atoms with Gasteiger partial charge in [0.2, 0.25) is 0 Å². The van der Waals surface area contributed by atoms with E-state index in [1.54, 1.807) is 0 Å². The van der Waals surface area contributed by atoms with Crippen molar-refractivity contribution in [2.75, 3.05) is 26.2 Å². The summed E-state index contributed by atoms with van der Waals surface area (Å²) in [6.07, 6.45) is 3.55. The van der Waals surface area contributed by atoms with E-state index in [9.17, 15) is 0 Å². The van der Waals surface area contributed by atoms with Crippen LogP contribution in [-0.4, -0.2) is 37.2 Å². The molecule has 0 bridgehead atoms. The number of ether oxygens (including phenoxy) is 1. The summed E-state index contributed by atoms with van der Waals surface area (Å²) in [4.78, 5) is 2.45. The van der Waals surface area contributed by atoms with Crippen molar-refractivity contribution in [3.63, 3.8) is 0 Å². The molecule has 0 radical (unpaired) electrons. The normalized spacial score (nSPS) is 17.0. The lowest BCUT2D eigenvalue weighted by Gasteiger charge is -2.31. The van der Waals surface area contributed by atoms with Gasteiger partial charge in [-0.3, -0.25) is 4.90 Å². The Morgan fingerprint density at radius 1 is 1.25 bits per heavy atom. The highest BCUT2D eigenvalue weighted by molar-refractivity contribution is 5.31. The van der Waals surface area contributed by atoms with Gasteiger partial charge in [0.05, 0.1) is 17.7 Å². The van der Waals surface area contributed by atoms with Gasteiger partial charge in [-0.1, -0.05) is 12.1 Å². The smallest absolute Gasteiger partial charge is 0.0991 e. The van der Waals surface area contributed by atoms with Gasteiger partial charge in [0, 0.05) is 26.2 Å². The Bertz CT molecular complexity index is 430. The van der Waals surface area contributed by atoms with Crippen molar-refractivity contribution in [2.24, 2.45) is 5.73 Å². The SMILES string of the molecule is N#Cc1ccc(CN2CCC(OCCCN)CC2)cc1. The van der Waals surface area contributed by atoms with E-state index in [2.05, 4.69) is 11.0 Å². The van der Waals surface area contributed by atoms with Gasteiger partial charge in [-0.2, -0.15) is 5.26 Å². The Labute approximate surface area is 121 Å². The maximum Gasteiger partial charge on any atom is 0.0991 e. The Morgan fingerprint density at radius 3 is 2.55 bits per heavy atom. The number of rotatable bonds is 6. The first-order chi connectivity index (χ1) is 9.81. The molecule has 0 aromatic heterocycles. The fraction of sp³-hybridized carbons (Fsp3) is 0.562. The molecule has 1 aliphatic rings. The number of piperidine rings is 1. The Morgan fingerprint density at radius 2 is 1.95 bits per heavy atom. The molecular formula is C16H23N3O. The zero-order valence-electron chi connectivity index (χ0n) is 11.9. The molecule has 20 heavy (non-hydrogen) atoms. The third kappa shape index (κ3) is 4.61. The predicted molar refractivity (Wildman–Crippen MR) is 79.1 cm³/mol. The number of likely N-dealkylation sites (tertiary alicyclic amines) is 1. The quantitative estimate of drug-likeness (QED) is 0.804. The van der Waals surface area contributed by atoms with Crippen molar-refractivity contribution in [1.29, 1.82) is 5.26 Å². The number of benzene rings is 1. The van der Waals surface area contributed by atoms with Crippen LogP contribution in [0, 0.1) is 11.3 Å². The van der Waals surface area contributed by atoms with E-state index < -0.39 is 0 Å². The second-order valence-corrected chi connectivity index (χ2v) is 5.30. The molecule has 0 atom stereocenters. The lowest BCUT2D eigenvalue weighted by molar-refractivity contribution is 0.00563. The molecule has 108 valence electrons. The average molecular weight is 273 g/mol. The van der Waals surface area contributed by atoms with Gasteiger partial charge >= 0.3 is 0 Å². The van der Waals surface area contributed by atoms with Crippen LogP contribution >= 0.6 is 0 Å². The lowest BCUT2D eigenvalue weighted by Crippen LogP contribution is -2.36. The molecule has 1 aromatic rings. The van der Waals surface area contributed by atoms with E-state index in [0.29, 0.717) is 12.6 Å². The molecule has 0 spiro atoms. The highest BCUT2D eigenvalue weighted by Gasteiger charge is 2.19. The molecule has 1 aliphatic heterocycles. The molecular weight excluding hydrogens is 250 g/mol. The van der Waals surface area contributed by atoms with Crippen LogP contribution in [0.2, 0.25) is 0 Å². The summed E-state index contributed by atoms with van der Waals surface area (Å²) < 4.78 is 5.81. The first-order valence-electron chi connectivity index (χ1n) is 7.35. The maximum atomic E-state index is 8.79. The fourth-order valence-electron chi connectivity index (χ4n) is 2.51. The summed E-state index contributed by atoms with van der Waals surface area (Å²) >= 11 is 0. The van der Waals surface area contributed by atoms with Gasteiger partial charge in [-0.15, -0.1) is 0 Å². The van der Waals surface area contributed by atoms with Gasteiger partial charge in [0.25, 0.3) is 0 Å². The number of nitriles is 1. The van der Waals surface area contributed by atoms with Crippen LogP contribution in [-0.2, 0) is 11.3 Å². The van der Waals surface area contributed by atoms with E-state index in [1.807, 2.05) is 24.3 Å². The van der Waals surface area contributed by atoms with Crippen molar-refractivity contribution in [3.8, 4) is 6.07 Å². The predicted octanol–water partition coefficient (Wildman–Crippen LogP) is 1.89. The molecule has 0 aliphatic carbocycles. The molecule has 4 heteroatoms. The second-order valence-electron chi connectivity index (χ2n) is 5.30. The van der Waals surface area contributed by atoms with Gasteiger partial charge in [-0.05, 0) is 43.5 Å². The molecule has 4 nitrogen and oxygen atoms in total. The number of nitrogens with two attached hydrogens (primary N) is 1. The molecule has 0 amide bonds. The minimum atomic E-state index is 0.402. The molecule has 2 rings (SSSR count). The maximum absolute atomic E-state index is 8.79. The Hall–Kier alpha value is -1.41. The number of hydrogen-bond acceptors (Lipinski definition) is 4. The molecule has 1 fully saturated rings. The summed E-state index contributed by atoms with van der Waals surface area (Å²) in [6.45, 7) is 4.61. The van der Waals surface area contributed by atoms with E-state index in [0.717, 1.165) is 51.1 Å². The van der Waals surface area contributed by atoms with Crippen molar-refractivity contribution < 1.29 is 4.74 Å². The van der Waals surface area contributed by atoms with Gasteiger partial charge in [-0.25, -0.2) is 0 Å². The highest BCUT2D eigenvalue weighted by Crippen LogP contribution is 2.16. The highest BCUT2D eigenvalue weighted by atomic mass is 16.5. The minimum absolute atomic E-state index is 0.402. The Balaban J connectivity index is 1.72. The van der Waals surface area contributed by atoms with Crippen LogP contribution in [0.3, 0.4) is 0 Å². The first kappa shape index (κ1) is 15.0. The van der Waals surface area contributed by atoms with Crippen molar-refractivity contribution in [3.05, 3.63) is 35.4 Å². The summed E-state index contributed by atoms with van der Waals surface area (Å²) in [7, 11) is 0. The molecule has 1 saturated heterocycles. The van der Waals surface area contributed by atoms with E-state index in [1.165, 1.54) is 5.56 Å². The largest absolute Gasteiger partial charge is 0.378 e. The van der Waals surface area contributed by atoms with Crippen LogP contribution in [0.5, 0.6) is 0 Å². The van der Waals surface area contributed by atoms with Crippen molar-refractivity contribution >= 4 is 0 Å². The summed E-state index contributed by atoms with van der Waals surface area (Å²) in [6, 6.07) is 10.0. The third-order valence-electron chi connectivity index (χ3n) is 3.73. The summed E-state index contributed by atoms with van der Waals surface area (Å²) in [5.74, 6) is 0. The van der Waals surface area contributed by atoms with Gasteiger partial charge in [0.15, 0.2) is 0 Å². The minimum Gasteiger partial charge on any atom is -0.378 e. The molecule has 1 aromatic carbocycles. The third-order valence-corrected chi connectivity index (χ3v) is 3.73. The molecule has 0 saturated carbocycles. The number of hydrogen-bond donors (Lipinski definition) is 1.